The van der Waals surface area contributed by atoms with Crippen molar-refractivity contribution in [3.05, 3.63) is 0 Å². The maximum absolute atomic E-state index is 4.25. The van der Waals surface area contributed by atoms with Crippen LogP contribution in [0.2, 0.25) is 0 Å². The van der Waals surface area contributed by atoms with Crippen LogP contribution in [0.5, 0.6) is 0 Å². The maximum atomic E-state index is 4.25. The summed E-state index contributed by atoms with van der Waals surface area (Å²) in [6, 6.07) is 0. The Hall–Kier alpha value is -0.0400. The second-order valence-corrected chi connectivity index (χ2v) is 28.3. The van der Waals surface area contributed by atoms with Crippen molar-refractivity contribution in [1.29, 1.82) is 0 Å². The molecule has 6 atom stereocenters. The Balaban J connectivity index is 1.05. The molecular weight excluding hydrogens is 699 g/mol. The van der Waals surface area contributed by atoms with Crippen LogP contribution in [0.15, 0.2) is 0 Å². The van der Waals surface area contributed by atoms with E-state index in [1.54, 1.807) is 44.9 Å². The molecular formula is C57H103N. The molecule has 0 spiro atoms. The number of hydrogen-bond acceptors (Lipinski definition) is 1. The Bertz CT molecular complexity index is 1050. The van der Waals surface area contributed by atoms with Gasteiger partial charge in [-0.25, -0.2) is 0 Å². The Morgan fingerprint density at radius 1 is 0.224 bits per heavy atom. The Morgan fingerprint density at radius 3 is 0.586 bits per heavy atom. The van der Waals surface area contributed by atoms with Crippen molar-refractivity contribution in [3.63, 3.8) is 0 Å². The summed E-state index contributed by atoms with van der Waals surface area (Å²) in [5.41, 5.74) is 1.97. The first-order chi connectivity index (χ1) is 27.2. The third-order valence-electron chi connectivity index (χ3n) is 21.0. The van der Waals surface area contributed by atoms with E-state index in [9.17, 15) is 0 Å². The molecule has 1 saturated heterocycles. The lowest BCUT2D eigenvalue weighted by molar-refractivity contribution is 0.00129. The Morgan fingerprint density at radius 2 is 0.397 bits per heavy atom. The van der Waals surface area contributed by atoms with E-state index in [0.717, 1.165) is 94.7 Å². The van der Waals surface area contributed by atoms with Crippen LogP contribution in [0.1, 0.15) is 231 Å². The molecule has 0 aromatic rings. The van der Waals surface area contributed by atoms with E-state index < -0.39 is 0 Å². The monoisotopic (exact) mass is 802 g/mol. The molecule has 0 radical (unpaired) electrons. The summed E-state index contributed by atoms with van der Waals surface area (Å²) in [4.78, 5) is 0. The van der Waals surface area contributed by atoms with E-state index in [4.69, 9.17) is 0 Å². The first-order valence-corrected chi connectivity index (χ1v) is 26.9. The van der Waals surface area contributed by atoms with Crippen LogP contribution in [0, 0.1) is 116 Å². The highest BCUT2D eigenvalue weighted by molar-refractivity contribution is 4.98. The molecule has 1 nitrogen and oxygen atoms in total. The predicted molar refractivity (Wildman–Crippen MR) is 253 cm³/mol. The number of rotatable bonds is 6. The Kier molecular flexibility index (Phi) is 14.7. The SMILES string of the molecule is CC(C)(C)C1CCC(C2CC(C3CCC(C(C)(C)C)CC3)CC(C3CNCC(C4CC(C5CCC(C(C)(C)C)CC5)CC(C5CCC(C(C)(C)C)CC5)C4)C3)C2)CC1. The first-order valence-electron chi connectivity index (χ1n) is 26.9. The molecule has 336 valence electrons. The van der Waals surface area contributed by atoms with Crippen molar-refractivity contribution in [3.8, 4) is 0 Å². The minimum atomic E-state index is 0.492. The van der Waals surface area contributed by atoms with Crippen molar-refractivity contribution in [1.82, 2.24) is 5.32 Å². The van der Waals surface area contributed by atoms with E-state index >= 15 is 0 Å². The van der Waals surface area contributed by atoms with Gasteiger partial charge in [0.15, 0.2) is 0 Å². The van der Waals surface area contributed by atoms with Crippen molar-refractivity contribution in [2.24, 2.45) is 116 Å². The average molecular weight is 802 g/mol. The minimum Gasteiger partial charge on any atom is -0.316 e. The van der Waals surface area contributed by atoms with E-state index in [2.05, 4.69) is 88.4 Å². The highest BCUT2D eigenvalue weighted by Crippen LogP contribution is 2.56. The van der Waals surface area contributed by atoms with Gasteiger partial charge in [0.05, 0.1) is 0 Å². The second-order valence-electron chi connectivity index (χ2n) is 28.3. The van der Waals surface area contributed by atoms with Gasteiger partial charge in [-0.05, 0) is 277 Å². The lowest BCUT2D eigenvalue weighted by atomic mass is 9.56. The molecule has 6 unspecified atom stereocenters. The molecule has 7 fully saturated rings. The standard InChI is InChI=1S/C57H103N/c1-54(2,3)50-21-13-38(14-22-50)42-29-43(39-15-23-51(24-16-39)55(4,5)6)32-46(31-42)48-35-49(37-58-36-48)47-33-44(40-17-25-52(26-18-40)56(7,8)9)30-45(34-47)41-19-27-53(28-20-41)57(10,11)12/h38-53,58H,13-37H2,1-12H3. The third-order valence-corrected chi connectivity index (χ3v) is 21.0. The van der Waals surface area contributed by atoms with Crippen LogP contribution in [0.3, 0.4) is 0 Å². The lowest BCUT2D eigenvalue weighted by Gasteiger charge is -2.51. The molecule has 1 aliphatic heterocycles. The molecule has 6 aliphatic carbocycles. The van der Waals surface area contributed by atoms with Crippen LogP contribution in [-0.4, -0.2) is 13.1 Å². The van der Waals surface area contributed by atoms with Gasteiger partial charge < -0.3 is 5.32 Å². The van der Waals surface area contributed by atoms with Gasteiger partial charge in [-0.15, -0.1) is 0 Å². The summed E-state index contributed by atoms with van der Waals surface area (Å²) in [6.07, 6.45) is 35.4. The average Bonchev–Trinajstić information content (AvgIpc) is 3.19. The van der Waals surface area contributed by atoms with E-state index in [0.29, 0.717) is 21.7 Å². The summed E-state index contributed by atoms with van der Waals surface area (Å²) in [6.45, 7) is 33.0. The largest absolute Gasteiger partial charge is 0.316 e. The van der Waals surface area contributed by atoms with Gasteiger partial charge in [0.1, 0.15) is 0 Å². The third kappa shape index (κ3) is 11.4. The van der Waals surface area contributed by atoms with E-state index in [1.165, 1.54) is 116 Å². The van der Waals surface area contributed by atoms with Gasteiger partial charge in [-0.1, -0.05) is 83.1 Å². The molecule has 0 aromatic carbocycles. The van der Waals surface area contributed by atoms with Crippen LogP contribution in [0.4, 0.5) is 0 Å². The normalized spacial score (nSPS) is 44.5. The number of nitrogens with one attached hydrogen (secondary N) is 1. The molecule has 7 aliphatic rings. The Labute approximate surface area is 364 Å². The fourth-order valence-corrected chi connectivity index (χ4v) is 16.8. The topological polar surface area (TPSA) is 12.0 Å². The molecule has 0 bridgehead atoms. The highest BCUT2D eigenvalue weighted by Gasteiger charge is 2.47. The van der Waals surface area contributed by atoms with Crippen LogP contribution < -0.4 is 5.32 Å². The molecule has 58 heavy (non-hydrogen) atoms. The summed E-state index contributed by atoms with van der Waals surface area (Å²) < 4.78 is 0. The van der Waals surface area contributed by atoms with Crippen molar-refractivity contribution < 1.29 is 0 Å². The summed E-state index contributed by atoms with van der Waals surface area (Å²) in [5.74, 6) is 15.7. The van der Waals surface area contributed by atoms with E-state index in [-0.39, 0.29) is 0 Å². The van der Waals surface area contributed by atoms with Gasteiger partial charge >= 0.3 is 0 Å². The molecule has 0 aromatic heterocycles. The fourth-order valence-electron chi connectivity index (χ4n) is 16.8. The molecule has 1 N–H and O–H groups in total. The predicted octanol–water partition coefficient (Wildman–Crippen LogP) is 16.7. The van der Waals surface area contributed by atoms with Crippen molar-refractivity contribution in [2.75, 3.05) is 13.1 Å². The summed E-state index contributed by atoms with van der Waals surface area (Å²) in [7, 11) is 0. The molecule has 1 heteroatoms. The van der Waals surface area contributed by atoms with Crippen molar-refractivity contribution >= 4 is 0 Å². The lowest BCUT2D eigenvalue weighted by Crippen LogP contribution is -2.47. The zero-order chi connectivity index (χ0) is 41.6. The number of piperidine rings is 1. The molecule has 7 rings (SSSR count). The molecule has 0 amide bonds. The zero-order valence-corrected chi connectivity index (χ0v) is 41.4. The van der Waals surface area contributed by atoms with Crippen LogP contribution in [-0.2, 0) is 0 Å². The minimum absolute atomic E-state index is 0.492. The second kappa shape index (κ2) is 18.6. The van der Waals surface area contributed by atoms with Gasteiger partial charge in [0, 0.05) is 0 Å². The smallest absolute Gasteiger partial charge is 0.00176 e. The first kappa shape index (κ1) is 46.0. The van der Waals surface area contributed by atoms with Gasteiger partial charge in [-0.3, -0.25) is 0 Å². The number of hydrogen-bond donors (Lipinski definition) is 1. The summed E-state index contributed by atoms with van der Waals surface area (Å²) in [5, 5.41) is 4.25. The maximum Gasteiger partial charge on any atom is -0.00176 e. The van der Waals surface area contributed by atoms with Crippen LogP contribution in [0.25, 0.3) is 0 Å². The quantitative estimate of drug-likeness (QED) is 0.282. The van der Waals surface area contributed by atoms with Crippen molar-refractivity contribution in [2.45, 2.75) is 231 Å². The van der Waals surface area contributed by atoms with E-state index in [1.807, 2.05) is 0 Å². The highest BCUT2D eigenvalue weighted by atomic mass is 14.9. The zero-order valence-electron chi connectivity index (χ0n) is 41.4. The van der Waals surface area contributed by atoms with Gasteiger partial charge in [0.25, 0.3) is 0 Å². The fraction of sp³-hybridized carbons (Fsp3) is 1.00. The van der Waals surface area contributed by atoms with Gasteiger partial charge in [-0.2, -0.15) is 0 Å². The van der Waals surface area contributed by atoms with Crippen LogP contribution >= 0.6 is 0 Å². The van der Waals surface area contributed by atoms with Gasteiger partial charge in [0.2, 0.25) is 0 Å². The molecule has 6 saturated carbocycles. The summed E-state index contributed by atoms with van der Waals surface area (Å²) >= 11 is 0. The molecule has 1 heterocycles.